The maximum atomic E-state index is 12.5. The predicted octanol–water partition coefficient (Wildman–Crippen LogP) is 3.98. The van der Waals surface area contributed by atoms with E-state index in [0.29, 0.717) is 9.98 Å². The summed E-state index contributed by atoms with van der Waals surface area (Å²) in [5.41, 5.74) is 1.13. The van der Waals surface area contributed by atoms with Crippen molar-refractivity contribution in [2.75, 3.05) is 12.4 Å². The van der Waals surface area contributed by atoms with Crippen molar-refractivity contribution < 1.29 is 9.53 Å². The zero-order valence-electron chi connectivity index (χ0n) is 12.5. The highest BCUT2D eigenvalue weighted by molar-refractivity contribution is 7.17. The zero-order chi connectivity index (χ0) is 16.7. The lowest BCUT2D eigenvalue weighted by molar-refractivity contribution is 0.102. The summed E-state index contributed by atoms with van der Waals surface area (Å²) in [4.78, 5) is 18.6. The predicted molar refractivity (Wildman–Crippen MR) is 91.3 cm³/mol. The van der Waals surface area contributed by atoms with Gasteiger partial charge in [-0.1, -0.05) is 34.5 Å². The molecule has 6 nitrogen and oxygen atoms in total. The normalized spacial score (nSPS) is 11.0. The molecule has 3 rings (SSSR count). The molecule has 0 radical (unpaired) electrons. The number of nitrogens with zero attached hydrogens (tertiary/aromatic N) is 3. The van der Waals surface area contributed by atoms with Crippen molar-refractivity contribution >= 4 is 51.4 Å². The van der Waals surface area contributed by atoms with Crippen LogP contribution in [-0.2, 0) is 0 Å². The molecule has 0 spiro atoms. The van der Waals surface area contributed by atoms with Gasteiger partial charge in [0.1, 0.15) is 5.56 Å². The highest BCUT2D eigenvalue weighted by Gasteiger charge is 2.21. The van der Waals surface area contributed by atoms with E-state index in [9.17, 15) is 4.79 Å². The van der Waals surface area contributed by atoms with Crippen LogP contribution in [0, 0.1) is 13.8 Å². The van der Waals surface area contributed by atoms with E-state index in [1.165, 1.54) is 24.5 Å². The van der Waals surface area contributed by atoms with Crippen LogP contribution in [0.15, 0.2) is 12.1 Å². The second kappa shape index (κ2) is 5.99. The lowest BCUT2D eigenvalue weighted by Crippen LogP contribution is -2.15. The molecular formula is C14H12Cl2N4O2S. The Labute approximate surface area is 146 Å². The van der Waals surface area contributed by atoms with Gasteiger partial charge in [-0.2, -0.15) is 4.98 Å². The Morgan fingerprint density at radius 2 is 2.00 bits per heavy atom. The number of aryl methyl sites for hydroxylation is 2. The van der Waals surface area contributed by atoms with E-state index in [0.717, 1.165) is 10.6 Å². The van der Waals surface area contributed by atoms with Gasteiger partial charge >= 0.3 is 0 Å². The number of hydrogen-bond donors (Lipinski definition) is 1. The molecule has 1 N–H and O–H groups in total. The number of rotatable bonds is 3. The minimum Gasteiger partial charge on any atom is -0.494 e. The Hall–Kier alpha value is -1.83. The number of aromatic nitrogens is 3. The van der Waals surface area contributed by atoms with Crippen LogP contribution in [0.4, 0.5) is 5.95 Å². The molecule has 2 aromatic heterocycles. The Morgan fingerprint density at radius 3 is 2.65 bits per heavy atom. The number of anilines is 1. The number of amides is 1. The second-order valence-corrected chi connectivity index (χ2v) is 6.76. The first-order chi connectivity index (χ1) is 10.9. The fourth-order valence-electron chi connectivity index (χ4n) is 2.10. The van der Waals surface area contributed by atoms with Crippen LogP contribution in [0.25, 0.3) is 4.96 Å². The number of nitrogens with one attached hydrogen (secondary N) is 1. The van der Waals surface area contributed by atoms with Crippen LogP contribution in [-0.4, -0.2) is 27.6 Å². The van der Waals surface area contributed by atoms with Gasteiger partial charge in [-0.05, 0) is 26.0 Å². The fraction of sp³-hybridized carbons (Fsp3) is 0.214. The highest BCUT2D eigenvalue weighted by Crippen LogP contribution is 2.34. The summed E-state index contributed by atoms with van der Waals surface area (Å²) in [5.74, 6) is -0.0749. The monoisotopic (exact) mass is 370 g/mol. The van der Waals surface area contributed by atoms with Crippen LogP contribution in [0.2, 0.25) is 10.0 Å². The number of fused-ring (bicyclic) bond motifs is 1. The highest BCUT2D eigenvalue weighted by atomic mass is 35.5. The molecule has 1 aromatic carbocycles. The number of carbonyl (C=O) groups is 1. The summed E-state index contributed by atoms with van der Waals surface area (Å²) in [6.07, 6.45) is 0. The third-order valence-corrected chi connectivity index (χ3v) is 5.03. The topological polar surface area (TPSA) is 68.5 Å². The molecule has 2 heterocycles. The second-order valence-electron chi connectivity index (χ2n) is 4.77. The SMILES string of the molecule is COc1c(Cl)ccc(Cl)c1C(=O)Nc1nc2sc(C)c(C)n2n1. The molecule has 1 amide bonds. The van der Waals surface area contributed by atoms with Crippen LogP contribution >= 0.6 is 34.5 Å². The third-order valence-electron chi connectivity index (χ3n) is 3.36. The lowest BCUT2D eigenvalue weighted by Gasteiger charge is -2.10. The molecule has 9 heteroatoms. The molecule has 0 aliphatic rings. The number of thiazole rings is 1. The van der Waals surface area contributed by atoms with E-state index in [4.69, 9.17) is 27.9 Å². The molecule has 0 bridgehead atoms. The molecule has 0 atom stereocenters. The van der Waals surface area contributed by atoms with Crippen molar-refractivity contribution in [1.82, 2.24) is 14.6 Å². The van der Waals surface area contributed by atoms with Crippen LogP contribution in [0.1, 0.15) is 20.9 Å². The number of ether oxygens (including phenoxy) is 1. The van der Waals surface area contributed by atoms with Crippen molar-refractivity contribution in [3.8, 4) is 5.75 Å². The number of methoxy groups -OCH3 is 1. The molecular weight excluding hydrogens is 359 g/mol. The number of halogens is 2. The van der Waals surface area contributed by atoms with Gasteiger partial charge in [0.25, 0.3) is 11.9 Å². The van der Waals surface area contributed by atoms with Gasteiger partial charge in [-0.15, -0.1) is 5.10 Å². The molecule has 0 saturated carbocycles. The molecule has 0 unspecified atom stereocenters. The Kier molecular flexibility index (Phi) is 4.18. The molecule has 0 fully saturated rings. The average molecular weight is 371 g/mol. The summed E-state index contributed by atoms with van der Waals surface area (Å²) in [5, 5.41) is 7.43. The minimum absolute atomic E-state index is 0.146. The maximum absolute atomic E-state index is 12.5. The number of benzene rings is 1. The van der Waals surface area contributed by atoms with Crippen LogP contribution in [0.3, 0.4) is 0 Å². The van der Waals surface area contributed by atoms with Crippen molar-refractivity contribution in [3.63, 3.8) is 0 Å². The standard InChI is InChI=1S/C14H12Cl2N4O2S/c1-6-7(2)23-14-18-13(19-20(6)14)17-12(21)10-8(15)4-5-9(16)11(10)22-3/h4-5H,1-3H3,(H,17,19,21). The first-order valence-corrected chi connectivity index (χ1v) is 8.15. The van der Waals surface area contributed by atoms with Crippen molar-refractivity contribution in [2.45, 2.75) is 13.8 Å². The zero-order valence-corrected chi connectivity index (χ0v) is 14.8. The lowest BCUT2D eigenvalue weighted by atomic mass is 10.2. The summed E-state index contributed by atoms with van der Waals surface area (Å²) in [7, 11) is 1.42. The summed E-state index contributed by atoms with van der Waals surface area (Å²) >= 11 is 13.6. The van der Waals surface area contributed by atoms with Crippen molar-refractivity contribution in [2.24, 2.45) is 0 Å². The number of hydrogen-bond acceptors (Lipinski definition) is 5. The fourth-order valence-corrected chi connectivity index (χ4v) is 3.48. The van der Waals surface area contributed by atoms with Gasteiger partial charge in [0.05, 0.1) is 22.8 Å². The van der Waals surface area contributed by atoms with Gasteiger partial charge in [-0.25, -0.2) is 4.52 Å². The van der Waals surface area contributed by atoms with Crippen molar-refractivity contribution in [1.29, 1.82) is 0 Å². The quantitative estimate of drug-likeness (QED) is 0.756. The maximum Gasteiger partial charge on any atom is 0.263 e. The van der Waals surface area contributed by atoms with Gasteiger partial charge < -0.3 is 4.74 Å². The largest absolute Gasteiger partial charge is 0.494 e. The van der Waals surface area contributed by atoms with E-state index in [1.807, 2.05) is 13.8 Å². The molecule has 0 aliphatic heterocycles. The van der Waals surface area contributed by atoms with E-state index in [1.54, 1.807) is 10.6 Å². The third kappa shape index (κ3) is 2.75. The van der Waals surface area contributed by atoms with Crippen LogP contribution in [0.5, 0.6) is 5.75 Å². The summed E-state index contributed by atoms with van der Waals surface area (Å²) in [6.45, 7) is 3.93. The van der Waals surface area contributed by atoms with Crippen molar-refractivity contribution in [3.05, 3.63) is 38.3 Å². The number of carbonyl (C=O) groups excluding carboxylic acids is 1. The van der Waals surface area contributed by atoms with Gasteiger partial charge in [0, 0.05) is 4.88 Å². The average Bonchev–Trinajstić information content (AvgIpc) is 3.00. The molecule has 0 saturated heterocycles. The first-order valence-electron chi connectivity index (χ1n) is 6.58. The van der Waals surface area contributed by atoms with Crippen LogP contribution < -0.4 is 10.1 Å². The molecule has 3 aromatic rings. The Bertz CT molecular complexity index is 919. The van der Waals surface area contributed by atoms with E-state index in [-0.39, 0.29) is 22.3 Å². The Morgan fingerprint density at radius 1 is 1.30 bits per heavy atom. The minimum atomic E-state index is -0.484. The summed E-state index contributed by atoms with van der Waals surface area (Å²) in [6, 6.07) is 3.10. The van der Waals surface area contributed by atoms with Gasteiger partial charge in [0.15, 0.2) is 5.75 Å². The molecule has 0 aliphatic carbocycles. The van der Waals surface area contributed by atoms with E-state index < -0.39 is 5.91 Å². The van der Waals surface area contributed by atoms with E-state index >= 15 is 0 Å². The smallest absolute Gasteiger partial charge is 0.263 e. The molecule has 120 valence electrons. The molecule has 23 heavy (non-hydrogen) atoms. The summed E-state index contributed by atoms with van der Waals surface area (Å²) < 4.78 is 6.86. The van der Waals surface area contributed by atoms with Gasteiger partial charge in [0.2, 0.25) is 4.96 Å². The van der Waals surface area contributed by atoms with E-state index in [2.05, 4.69) is 15.4 Å². The Balaban J connectivity index is 1.96. The first kappa shape index (κ1) is 16.0. The van der Waals surface area contributed by atoms with Gasteiger partial charge in [-0.3, -0.25) is 10.1 Å².